The zero-order valence-electron chi connectivity index (χ0n) is 14.0. The van der Waals surface area contributed by atoms with E-state index in [1.165, 1.54) is 32.4 Å². The van der Waals surface area contributed by atoms with Crippen molar-refractivity contribution in [1.29, 1.82) is 0 Å². The van der Waals surface area contributed by atoms with Crippen LogP contribution in [0.5, 0.6) is 0 Å². The van der Waals surface area contributed by atoms with E-state index >= 15 is 0 Å². The molecule has 0 aliphatic carbocycles. The zero-order chi connectivity index (χ0) is 19.5. The fourth-order valence-electron chi connectivity index (χ4n) is 1.45. The second-order valence-corrected chi connectivity index (χ2v) is 5.44. The molecule has 0 saturated heterocycles. The minimum atomic E-state index is -0.848. The predicted molar refractivity (Wildman–Crippen MR) is 90.4 cm³/mol. The maximum absolute atomic E-state index is 12.1. The predicted octanol–water partition coefficient (Wildman–Crippen LogP) is -0.758. The number of nitrogens with one attached hydrogen (secondary N) is 4. The fourth-order valence-corrected chi connectivity index (χ4v) is 2.24. The van der Waals surface area contributed by atoms with Crippen LogP contribution in [0.15, 0.2) is 23.4 Å². The van der Waals surface area contributed by atoms with Crippen LogP contribution in [0.3, 0.4) is 0 Å². The molecule has 1 heterocycles. The Bertz CT molecular complexity index is 711. The molecule has 11 nitrogen and oxygen atoms in total. The second kappa shape index (κ2) is 10.7. The molecule has 1 rings (SSSR count). The number of imide groups is 2. The van der Waals surface area contributed by atoms with Crippen molar-refractivity contribution in [1.82, 2.24) is 26.3 Å². The van der Waals surface area contributed by atoms with E-state index in [0.717, 1.165) is 11.8 Å². The summed E-state index contributed by atoms with van der Waals surface area (Å²) in [5.41, 5.74) is 0.0398. The van der Waals surface area contributed by atoms with E-state index < -0.39 is 36.5 Å². The van der Waals surface area contributed by atoms with Crippen LogP contribution in [0.25, 0.3) is 0 Å². The number of ether oxygens (including phenoxy) is 1. The van der Waals surface area contributed by atoms with E-state index in [2.05, 4.69) is 20.9 Å². The van der Waals surface area contributed by atoms with Crippen LogP contribution in [0.1, 0.15) is 10.4 Å². The Labute approximate surface area is 152 Å². The molecule has 0 atom stereocenters. The molecule has 1 aromatic rings. The van der Waals surface area contributed by atoms with Crippen molar-refractivity contribution in [2.24, 2.45) is 0 Å². The normalized spacial score (nSPS) is 9.62. The fraction of sp³-hybridized carbons (Fsp3) is 0.286. The first-order valence-electron chi connectivity index (χ1n) is 7.15. The molecule has 1 aromatic heterocycles. The summed E-state index contributed by atoms with van der Waals surface area (Å²) in [7, 11) is 2.69. The number of thioether (sulfide) groups is 1. The highest BCUT2D eigenvalue weighted by molar-refractivity contribution is 8.00. The Balaban J connectivity index is 2.63. The maximum atomic E-state index is 12.1. The molecule has 140 valence electrons. The number of aromatic nitrogens is 1. The Kier molecular flexibility index (Phi) is 8.57. The van der Waals surface area contributed by atoms with Gasteiger partial charge in [0.1, 0.15) is 5.03 Å². The van der Waals surface area contributed by atoms with Crippen molar-refractivity contribution >= 4 is 41.6 Å². The quantitative estimate of drug-likeness (QED) is 0.369. The first kappa shape index (κ1) is 20.9. The molecule has 0 aliphatic heterocycles. The number of hydrogen-bond donors (Lipinski definition) is 4. The molecule has 0 saturated carbocycles. The van der Waals surface area contributed by atoms with Gasteiger partial charge < -0.3 is 15.4 Å². The van der Waals surface area contributed by atoms with Gasteiger partial charge in [-0.2, -0.15) is 0 Å². The van der Waals surface area contributed by atoms with Crippen LogP contribution in [-0.4, -0.2) is 61.3 Å². The van der Waals surface area contributed by atoms with E-state index in [1.54, 1.807) is 0 Å². The summed E-state index contributed by atoms with van der Waals surface area (Å²) < 4.78 is 4.82. The first-order chi connectivity index (χ1) is 12.4. The second-order valence-electron chi connectivity index (χ2n) is 4.48. The average molecular weight is 383 g/mol. The lowest BCUT2D eigenvalue weighted by molar-refractivity contribution is -0.123. The number of hydrogen-bond acceptors (Lipinski definition) is 8. The molecule has 0 bridgehead atoms. The molecule has 0 spiro atoms. The van der Waals surface area contributed by atoms with Crippen LogP contribution in [0.2, 0.25) is 0 Å². The largest absolute Gasteiger partial charge is 0.452 e. The Morgan fingerprint density at radius 3 is 2.27 bits per heavy atom. The lowest BCUT2D eigenvalue weighted by atomic mass is 10.3. The number of urea groups is 2. The minimum Gasteiger partial charge on any atom is -0.452 e. The molecule has 0 fully saturated rings. The summed E-state index contributed by atoms with van der Waals surface area (Å²) in [6.45, 7) is -0.664. The van der Waals surface area contributed by atoms with Gasteiger partial charge in [0.25, 0.3) is 5.91 Å². The topological polar surface area (TPSA) is 156 Å². The van der Waals surface area contributed by atoms with Crippen molar-refractivity contribution in [2.75, 3.05) is 26.5 Å². The van der Waals surface area contributed by atoms with Crippen molar-refractivity contribution in [2.45, 2.75) is 5.03 Å². The van der Waals surface area contributed by atoms with E-state index in [-0.39, 0.29) is 16.3 Å². The standard InChI is InChI=1S/C14H17N5O6S/c1-15-13(23)18-9(20)6-25-12(22)8-4-3-5-17-11(8)26-7-10(21)19-14(24)16-2/h3-5H,6-7H2,1-2H3,(H2,15,18,20,23)(H2,16,19,21,24). The Morgan fingerprint density at radius 2 is 1.65 bits per heavy atom. The third-order valence-corrected chi connectivity index (χ3v) is 3.63. The van der Waals surface area contributed by atoms with Crippen molar-refractivity contribution in [3.05, 3.63) is 23.9 Å². The number of nitrogens with zero attached hydrogens (tertiary/aromatic N) is 1. The molecule has 4 N–H and O–H groups in total. The highest BCUT2D eigenvalue weighted by Gasteiger charge is 2.17. The van der Waals surface area contributed by atoms with Crippen LogP contribution in [0.4, 0.5) is 9.59 Å². The summed E-state index contributed by atoms with van der Waals surface area (Å²) in [4.78, 5) is 61.1. The van der Waals surface area contributed by atoms with Gasteiger partial charge in [0.15, 0.2) is 6.61 Å². The number of carbonyl (C=O) groups excluding carboxylic acids is 5. The monoisotopic (exact) mass is 383 g/mol. The van der Waals surface area contributed by atoms with Gasteiger partial charge in [-0.1, -0.05) is 11.8 Å². The SMILES string of the molecule is CNC(=O)NC(=O)COC(=O)c1cccnc1SCC(=O)NC(=O)NC. The van der Waals surface area contributed by atoms with Crippen LogP contribution in [0, 0.1) is 0 Å². The molecule has 0 aliphatic rings. The van der Waals surface area contributed by atoms with Gasteiger partial charge in [0.05, 0.1) is 11.3 Å². The average Bonchev–Trinajstić information content (AvgIpc) is 2.64. The number of amides is 6. The molecule has 12 heteroatoms. The molecular weight excluding hydrogens is 366 g/mol. The van der Waals surface area contributed by atoms with Crippen molar-refractivity contribution < 1.29 is 28.7 Å². The number of rotatable bonds is 6. The molecule has 6 amide bonds. The van der Waals surface area contributed by atoms with Gasteiger partial charge >= 0.3 is 18.0 Å². The lowest BCUT2D eigenvalue weighted by Crippen LogP contribution is -2.39. The summed E-state index contributed by atoms with van der Waals surface area (Å²) in [6.07, 6.45) is 1.41. The molecule has 0 radical (unpaired) electrons. The van der Waals surface area contributed by atoms with Crippen LogP contribution in [-0.2, 0) is 14.3 Å². The molecule has 0 unspecified atom stereocenters. The number of pyridine rings is 1. The summed E-state index contributed by atoms with van der Waals surface area (Å²) in [5.74, 6) is -2.40. The van der Waals surface area contributed by atoms with E-state index in [9.17, 15) is 24.0 Å². The third-order valence-electron chi connectivity index (χ3n) is 2.63. The maximum Gasteiger partial charge on any atom is 0.341 e. The van der Waals surface area contributed by atoms with Crippen molar-refractivity contribution in [3.63, 3.8) is 0 Å². The van der Waals surface area contributed by atoms with Gasteiger partial charge in [0, 0.05) is 20.3 Å². The highest BCUT2D eigenvalue weighted by atomic mass is 32.2. The van der Waals surface area contributed by atoms with Gasteiger partial charge in [-0.05, 0) is 12.1 Å². The van der Waals surface area contributed by atoms with Crippen LogP contribution >= 0.6 is 11.8 Å². The Hall–Kier alpha value is -3.15. The summed E-state index contributed by atoms with van der Waals surface area (Å²) >= 11 is 0.916. The third kappa shape index (κ3) is 7.17. The molecule has 26 heavy (non-hydrogen) atoms. The van der Waals surface area contributed by atoms with Gasteiger partial charge in [-0.25, -0.2) is 19.4 Å². The van der Waals surface area contributed by atoms with Gasteiger partial charge in [-0.15, -0.1) is 0 Å². The smallest absolute Gasteiger partial charge is 0.341 e. The van der Waals surface area contributed by atoms with Crippen LogP contribution < -0.4 is 21.3 Å². The van der Waals surface area contributed by atoms with Gasteiger partial charge in [-0.3, -0.25) is 20.2 Å². The summed E-state index contributed by atoms with van der Waals surface area (Å²) in [6, 6.07) is 1.50. The minimum absolute atomic E-state index is 0.0398. The molecular formula is C14H17N5O6S. The summed E-state index contributed by atoms with van der Waals surface area (Å²) in [5, 5.41) is 8.61. The van der Waals surface area contributed by atoms with E-state index in [0.29, 0.717) is 0 Å². The number of esters is 1. The van der Waals surface area contributed by atoms with Gasteiger partial charge in [0.2, 0.25) is 5.91 Å². The number of carbonyl (C=O) groups is 5. The van der Waals surface area contributed by atoms with E-state index in [1.807, 2.05) is 5.32 Å². The molecule has 0 aromatic carbocycles. The lowest BCUT2D eigenvalue weighted by Gasteiger charge is -2.08. The first-order valence-corrected chi connectivity index (χ1v) is 8.14. The Morgan fingerprint density at radius 1 is 1.04 bits per heavy atom. The van der Waals surface area contributed by atoms with E-state index in [4.69, 9.17) is 4.74 Å². The van der Waals surface area contributed by atoms with Crippen molar-refractivity contribution in [3.8, 4) is 0 Å². The highest BCUT2D eigenvalue weighted by Crippen LogP contribution is 2.20. The zero-order valence-corrected chi connectivity index (χ0v) is 14.8.